The zero-order valence-electron chi connectivity index (χ0n) is 24.0. The topological polar surface area (TPSA) is 83.1 Å². The number of methoxy groups -OCH3 is 3. The quantitative estimate of drug-likeness (QED) is 0.288. The second kappa shape index (κ2) is 10.1. The Morgan fingerprint density at radius 1 is 0.512 bits per heavy atom. The Bertz CT molecular complexity index is 1720. The molecule has 4 aromatic rings. The maximum atomic E-state index is 6.18. The molecule has 0 N–H and O–H groups in total. The monoisotopic (exact) mass is 582 g/mol. The molecule has 0 saturated carbocycles. The maximum Gasteiger partial charge on any atom is 0.231 e. The van der Waals surface area contributed by atoms with Crippen molar-refractivity contribution < 1.29 is 42.6 Å². The molecule has 5 aliphatic heterocycles. The summed E-state index contributed by atoms with van der Waals surface area (Å²) < 4.78 is 50.6. The van der Waals surface area contributed by atoms with Crippen LogP contribution in [-0.4, -0.2) is 47.4 Å². The van der Waals surface area contributed by atoms with Crippen molar-refractivity contribution in [2.75, 3.05) is 41.3 Å². The highest BCUT2D eigenvalue weighted by Gasteiger charge is 2.43. The highest BCUT2D eigenvalue weighted by molar-refractivity contribution is 5.58. The van der Waals surface area contributed by atoms with E-state index < -0.39 is 0 Å². The van der Waals surface area contributed by atoms with E-state index in [1.807, 2.05) is 54.6 Å². The van der Waals surface area contributed by atoms with Gasteiger partial charge in [0.15, 0.2) is 11.5 Å². The van der Waals surface area contributed by atoms with Crippen molar-refractivity contribution >= 4 is 0 Å². The highest BCUT2D eigenvalue weighted by atomic mass is 16.7. The van der Waals surface area contributed by atoms with Crippen LogP contribution in [-0.2, 0) is 0 Å². The summed E-state index contributed by atoms with van der Waals surface area (Å²) in [7, 11) is 4.97. The van der Waals surface area contributed by atoms with E-state index in [0.717, 1.165) is 68.4 Å². The standard InChI is InChI=1S/C17H14O5.C17H16O4/c1-18-9-2-3-10-13(4-9)19-7-12-11-5-15-16(21-8-20-15)6-14(11)22-17(10)12;1-18-10-3-5-12-14(7-10)20-9-16-17(12)13-6-4-11(19-2)8-15(13)21-16/h2-6,12,17H,7-8H2,1H3;3-8,16-17H,9H2,1-2H3/t12-,17-;/m0./s1. The number of ether oxygens (including phenoxy) is 9. The highest BCUT2D eigenvalue weighted by Crippen LogP contribution is 2.54. The average molecular weight is 583 g/mol. The van der Waals surface area contributed by atoms with Gasteiger partial charge in [-0.15, -0.1) is 0 Å². The molecule has 43 heavy (non-hydrogen) atoms. The van der Waals surface area contributed by atoms with Crippen molar-refractivity contribution in [3.8, 4) is 51.7 Å². The van der Waals surface area contributed by atoms with Crippen LogP contribution in [0.2, 0.25) is 0 Å². The van der Waals surface area contributed by atoms with Gasteiger partial charge in [0.2, 0.25) is 6.79 Å². The van der Waals surface area contributed by atoms with E-state index in [4.69, 9.17) is 42.6 Å². The van der Waals surface area contributed by atoms with Crippen LogP contribution >= 0.6 is 0 Å². The molecule has 5 aliphatic rings. The van der Waals surface area contributed by atoms with E-state index in [9.17, 15) is 0 Å². The number of benzene rings is 4. The van der Waals surface area contributed by atoms with Crippen molar-refractivity contribution in [3.63, 3.8) is 0 Å². The first-order valence-electron chi connectivity index (χ1n) is 14.2. The van der Waals surface area contributed by atoms with Gasteiger partial charge >= 0.3 is 0 Å². The first kappa shape index (κ1) is 25.8. The lowest BCUT2D eigenvalue weighted by Crippen LogP contribution is -2.31. The Morgan fingerprint density at radius 2 is 1.07 bits per heavy atom. The van der Waals surface area contributed by atoms with Crippen molar-refractivity contribution in [1.29, 1.82) is 0 Å². The zero-order chi connectivity index (χ0) is 29.1. The molecule has 5 heterocycles. The van der Waals surface area contributed by atoms with Gasteiger partial charge in [0, 0.05) is 46.5 Å². The molecule has 9 nitrogen and oxygen atoms in total. The van der Waals surface area contributed by atoms with Gasteiger partial charge in [-0.3, -0.25) is 0 Å². The largest absolute Gasteiger partial charge is 0.497 e. The molecule has 0 fully saturated rings. The van der Waals surface area contributed by atoms with Crippen LogP contribution in [0.1, 0.15) is 40.2 Å². The summed E-state index contributed by atoms with van der Waals surface area (Å²) in [6, 6.07) is 21.7. The van der Waals surface area contributed by atoms with Crippen LogP contribution in [0.25, 0.3) is 0 Å². The summed E-state index contributed by atoms with van der Waals surface area (Å²) >= 11 is 0. The van der Waals surface area contributed by atoms with Gasteiger partial charge < -0.3 is 42.6 Å². The molecule has 220 valence electrons. The minimum atomic E-state index is -0.0350. The number of fused-ring (bicyclic) bond motifs is 11. The lowest BCUT2D eigenvalue weighted by Gasteiger charge is -2.28. The molecule has 0 saturated heterocycles. The van der Waals surface area contributed by atoms with Crippen molar-refractivity contribution in [2.24, 2.45) is 0 Å². The van der Waals surface area contributed by atoms with Crippen LogP contribution in [0.15, 0.2) is 66.7 Å². The van der Waals surface area contributed by atoms with E-state index in [2.05, 4.69) is 12.1 Å². The van der Waals surface area contributed by atoms with E-state index in [1.165, 1.54) is 5.56 Å². The van der Waals surface area contributed by atoms with E-state index in [1.54, 1.807) is 21.3 Å². The Morgan fingerprint density at radius 3 is 1.77 bits per heavy atom. The van der Waals surface area contributed by atoms with E-state index >= 15 is 0 Å². The van der Waals surface area contributed by atoms with Crippen molar-refractivity contribution in [3.05, 3.63) is 89.0 Å². The lowest BCUT2D eigenvalue weighted by atomic mass is 9.86. The van der Waals surface area contributed by atoms with Crippen LogP contribution < -0.4 is 42.6 Å². The third-order valence-electron chi connectivity index (χ3n) is 8.63. The molecule has 0 spiro atoms. The van der Waals surface area contributed by atoms with Crippen molar-refractivity contribution in [1.82, 2.24) is 0 Å². The molecule has 9 rings (SSSR count). The fourth-order valence-electron chi connectivity index (χ4n) is 6.48. The Balaban J connectivity index is 0.000000129. The summed E-state index contributed by atoms with van der Waals surface area (Å²) in [4.78, 5) is 0. The Labute approximate surface area is 248 Å². The second-order valence-electron chi connectivity index (χ2n) is 10.9. The molecular weight excluding hydrogens is 552 g/mol. The van der Waals surface area contributed by atoms with Gasteiger partial charge in [0.1, 0.15) is 59.1 Å². The predicted molar refractivity (Wildman–Crippen MR) is 155 cm³/mol. The SMILES string of the molecule is COc1ccc2c(c1)OCC1Oc3cc(OC)ccc3C21.COc1ccc2c(c1)OC[C@H]1c3cc4c(cc3O[C@@H]21)OCO4. The predicted octanol–water partition coefficient (Wildman–Crippen LogP) is 6.02. The first-order chi connectivity index (χ1) is 21.1. The maximum absolute atomic E-state index is 6.18. The minimum absolute atomic E-state index is 0.0213. The molecule has 9 heteroatoms. The number of rotatable bonds is 3. The Hall–Kier alpha value is -4.92. The Kier molecular flexibility index (Phi) is 6.06. The fraction of sp³-hybridized carbons (Fsp3) is 0.294. The van der Waals surface area contributed by atoms with Crippen LogP contribution in [0.5, 0.6) is 51.7 Å². The molecule has 0 amide bonds. The normalized spacial score (nSPS) is 22.2. The summed E-state index contributed by atoms with van der Waals surface area (Å²) in [6.45, 7) is 1.39. The zero-order valence-corrected chi connectivity index (χ0v) is 24.0. The van der Waals surface area contributed by atoms with Gasteiger partial charge in [0.25, 0.3) is 0 Å². The second-order valence-corrected chi connectivity index (χ2v) is 10.9. The van der Waals surface area contributed by atoms with Gasteiger partial charge in [-0.1, -0.05) is 12.1 Å². The smallest absolute Gasteiger partial charge is 0.231 e. The first-order valence-corrected chi connectivity index (χ1v) is 14.2. The summed E-state index contributed by atoms with van der Waals surface area (Å²) in [6.07, 6.45) is -0.0137. The lowest BCUT2D eigenvalue weighted by molar-refractivity contribution is 0.119. The summed E-state index contributed by atoms with van der Waals surface area (Å²) in [5.74, 6) is 7.75. The fourth-order valence-corrected chi connectivity index (χ4v) is 6.48. The van der Waals surface area contributed by atoms with E-state index in [-0.39, 0.29) is 30.8 Å². The summed E-state index contributed by atoms with van der Waals surface area (Å²) in [5, 5.41) is 0. The number of hydrogen-bond acceptors (Lipinski definition) is 9. The van der Waals surface area contributed by atoms with Gasteiger partial charge in [0.05, 0.1) is 39.8 Å². The van der Waals surface area contributed by atoms with Gasteiger partial charge in [-0.2, -0.15) is 0 Å². The van der Waals surface area contributed by atoms with Crippen LogP contribution in [0, 0.1) is 0 Å². The average Bonchev–Trinajstić information content (AvgIpc) is 3.77. The molecule has 0 aromatic heterocycles. The third kappa shape index (κ3) is 4.21. The number of hydrogen-bond donors (Lipinski definition) is 0. The molecule has 2 unspecified atom stereocenters. The molecule has 0 aliphatic carbocycles. The molecular formula is C34H30O9. The van der Waals surface area contributed by atoms with Gasteiger partial charge in [-0.25, -0.2) is 0 Å². The minimum Gasteiger partial charge on any atom is -0.497 e. The van der Waals surface area contributed by atoms with Crippen LogP contribution in [0.4, 0.5) is 0 Å². The van der Waals surface area contributed by atoms with Gasteiger partial charge in [-0.05, 0) is 30.3 Å². The summed E-state index contributed by atoms with van der Waals surface area (Å²) in [5.41, 5.74) is 4.51. The van der Waals surface area contributed by atoms with E-state index in [0.29, 0.717) is 13.2 Å². The molecule has 4 aromatic carbocycles. The molecule has 4 atom stereocenters. The molecule has 0 radical (unpaired) electrons. The van der Waals surface area contributed by atoms with Crippen LogP contribution in [0.3, 0.4) is 0 Å². The molecule has 0 bridgehead atoms. The van der Waals surface area contributed by atoms with Crippen molar-refractivity contribution in [2.45, 2.75) is 24.0 Å². The third-order valence-corrected chi connectivity index (χ3v) is 8.63.